The Morgan fingerprint density at radius 1 is 1.27 bits per heavy atom. The quantitative estimate of drug-likeness (QED) is 0.424. The molecule has 1 atom stereocenters. The Bertz CT molecular complexity index is 1000. The van der Waals surface area contributed by atoms with Crippen molar-refractivity contribution < 1.29 is 22.7 Å². The second-order valence-electron chi connectivity index (χ2n) is 7.29. The van der Waals surface area contributed by atoms with E-state index in [0.717, 1.165) is 16.7 Å². The number of benzene rings is 1. The minimum Gasteiger partial charge on any atom is -0.466 e. The zero-order chi connectivity index (χ0) is 21.7. The molecule has 1 saturated heterocycles. The van der Waals surface area contributed by atoms with Gasteiger partial charge in [-0.25, -0.2) is 13.4 Å². The van der Waals surface area contributed by atoms with Crippen LogP contribution in [0.5, 0.6) is 0 Å². The fraction of sp³-hybridized carbons (Fsp3) is 0.455. The predicted octanol–water partition coefficient (Wildman–Crippen LogP) is 2.83. The zero-order valence-electron chi connectivity index (χ0n) is 17.6. The highest BCUT2D eigenvalue weighted by molar-refractivity contribution is 7.89. The molecular formula is C22H28N2O5S. The Morgan fingerprint density at radius 3 is 2.70 bits per heavy atom. The van der Waals surface area contributed by atoms with E-state index in [2.05, 4.69) is 4.98 Å². The lowest BCUT2D eigenvalue weighted by molar-refractivity contribution is -0.143. The lowest BCUT2D eigenvalue weighted by atomic mass is 10.0. The summed E-state index contributed by atoms with van der Waals surface area (Å²) in [5, 5.41) is 0.0929. The van der Waals surface area contributed by atoms with Crippen LogP contribution in [0.2, 0.25) is 0 Å². The summed E-state index contributed by atoms with van der Waals surface area (Å²) in [6.45, 7) is 5.01. The summed E-state index contributed by atoms with van der Waals surface area (Å²) in [5.74, 6) is -0.215. The maximum atomic E-state index is 12.9. The van der Waals surface area contributed by atoms with Crippen molar-refractivity contribution in [3.05, 3.63) is 47.7 Å². The van der Waals surface area contributed by atoms with Crippen LogP contribution in [0.25, 0.3) is 11.1 Å². The van der Waals surface area contributed by atoms with Gasteiger partial charge in [-0.3, -0.25) is 4.79 Å². The average Bonchev–Trinajstić information content (AvgIpc) is 3.56. The van der Waals surface area contributed by atoms with Crippen LogP contribution in [0.15, 0.2) is 41.6 Å². The van der Waals surface area contributed by atoms with E-state index >= 15 is 0 Å². The first kappa shape index (κ1) is 22.4. The number of carbonyl (C=O) groups is 1. The number of carbonyl (C=O) groups excluding carboxylic acids is 1. The molecule has 1 aromatic heterocycles. The number of pyridine rings is 1. The van der Waals surface area contributed by atoms with Crippen molar-refractivity contribution in [2.24, 2.45) is 0 Å². The number of aryl methyl sites for hydroxylation is 2. The fourth-order valence-corrected chi connectivity index (χ4v) is 4.61. The second-order valence-corrected chi connectivity index (χ2v) is 9.25. The van der Waals surface area contributed by atoms with Crippen LogP contribution >= 0.6 is 0 Å². The van der Waals surface area contributed by atoms with E-state index in [0.29, 0.717) is 44.6 Å². The van der Waals surface area contributed by atoms with E-state index < -0.39 is 10.0 Å². The summed E-state index contributed by atoms with van der Waals surface area (Å²) in [7, 11) is -2.12. The lowest BCUT2D eigenvalue weighted by Crippen LogP contribution is -2.31. The van der Waals surface area contributed by atoms with Gasteiger partial charge < -0.3 is 9.47 Å². The van der Waals surface area contributed by atoms with Crippen molar-refractivity contribution in [1.29, 1.82) is 0 Å². The number of epoxide rings is 1. The van der Waals surface area contributed by atoms with Crippen molar-refractivity contribution in [3.8, 4) is 11.1 Å². The monoisotopic (exact) mass is 432 g/mol. The minimum absolute atomic E-state index is 0.0218. The summed E-state index contributed by atoms with van der Waals surface area (Å²) in [4.78, 5) is 15.9. The van der Waals surface area contributed by atoms with Gasteiger partial charge in [-0.15, -0.1) is 0 Å². The van der Waals surface area contributed by atoms with Crippen LogP contribution in [0.4, 0.5) is 0 Å². The normalized spacial score (nSPS) is 15.9. The Labute approximate surface area is 178 Å². The molecule has 3 rings (SSSR count). The number of aromatic nitrogens is 1. The first-order valence-electron chi connectivity index (χ1n) is 10.2. The molecule has 1 fully saturated rings. The van der Waals surface area contributed by atoms with Gasteiger partial charge in [-0.1, -0.05) is 31.2 Å². The van der Waals surface area contributed by atoms with Crippen LogP contribution in [0, 0.1) is 0 Å². The molecule has 30 heavy (non-hydrogen) atoms. The molecule has 0 saturated carbocycles. The number of esters is 1. The zero-order valence-corrected chi connectivity index (χ0v) is 18.4. The van der Waals surface area contributed by atoms with Gasteiger partial charge >= 0.3 is 5.97 Å². The fourth-order valence-electron chi connectivity index (χ4n) is 3.23. The van der Waals surface area contributed by atoms with Crippen molar-refractivity contribution in [3.63, 3.8) is 0 Å². The number of nitrogens with zero attached hydrogens (tertiary/aromatic N) is 2. The van der Waals surface area contributed by atoms with Crippen molar-refractivity contribution in [1.82, 2.24) is 9.29 Å². The number of sulfonamides is 1. The SMILES string of the molecule is CCOC(=O)CCc1cccc(-c2cnc(S(=O)(=O)N(C)CC3CO3)c(CC)c2)c1. The highest BCUT2D eigenvalue weighted by atomic mass is 32.2. The van der Waals surface area contributed by atoms with E-state index in [1.807, 2.05) is 37.3 Å². The molecule has 8 heteroatoms. The van der Waals surface area contributed by atoms with E-state index in [1.54, 1.807) is 20.2 Å². The topological polar surface area (TPSA) is 89.1 Å². The molecule has 2 aromatic rings. The minimum atomic E-state index is -3.68. The number of likely N-dealkylation sites (N-methyl/N-ethyl adjacent to an activating group) is 1. The standard InChI is InChI=1S/C22H28N2O5S/c1-4-17-12-19(13-23-22(17)30(26,27)24(3)14-20-15-29-20)18-8-6-7-16(11-18)9-10-21(25)28-5-2/h6-8,11-13,20H,4-5,9-10,14-15H2,1-3H3. The van der Waals surface area contributed by atoms with E-state index in [1.165, 1.54) is 4.31 Å². The van der Waals surface area contributed by atoms with Gasteiger partial charge in [0.25, 0.3) is 10.0 Å². The molecule has 2 heterocycles. The van der Waals surface area contributed by atoms with Gasteiger partial charge in [0.05, 0.1) is 19.3 Å². The molecule has 162 valence electrons. The molecule has 0 spiro atoms. The van der Waals surface area contributed by atoms with Gasteiger partial charge in [-0.05, 0) is 42.5 Å². The lowest BCUT2D eigenvalue weighted by Gasteiger charge is -2.18. The molecule has 0 N–H and O–H groups in total. The van der Waals surface area contributed by atoms with Crippen molar-refractivity contribution in [2.45, 2.75) is 44.2 Å². The van der Waals surface area contributed by atoms with E-state index in [9.17, 15) is 13.2 Å². The Morgan fingerprint density at radius 2 is 2.03 bits per heavy atom. The smallest absolute Gasteiger partial charge is 0.306 e. The van der Waals surface area contributed by atoms with Gasteiger partial charge in [0.2, 0.25) is 0 Å². The molecule has 1 aromatic carbocycles. The first-order chi connectivity index (χ1) is 14.3. The van der Waals surface area contributed by atoms with Crippen LogP contribution in [0.3, 0.4) is 0 Å². The number of ether oxygens (including phenoxy) is 2. The summed E-state index contributed by atoms with van der Waals surface area (Å²) in [5.41, 5.74) is 3.46. The molecule has 0 amide bonds. The van der Waals surface area contributed by atoms with Crippen LogP contribution in [-0.2, 0) is 37.1 Å². The molecule has 0 aliphatic carbocycles. The van der Waals surface area contributed by atoms with Crippen molar-refractivity contribution >= 4 is 16.0 Å². The number of hydrogen-bond acceptors (Lipinski definition) is 6. The maximum absolute atomic E-state index is 12.9. The van der Waals surface area contributed by atoms with Crippen LogP contribution in [0.1, 0.15) is 31.4 Å². The third-order valence-electron chi connectivity index (χ3n) is 5.01. The van der Waals surface area contributed by atoms with Crippen LogP contribution < -0.4 is 0 Å². The van der Waals surface area contributed by atoms with Gasteiger partial charge in [0, 0.05) is 31.8 Å². The molecule has 0 radical (unpaired) electrons. The maximum Gasteiger partial charge on any atom is 0.306 e. The third-order valence-corrected chi connectivity index (χ3v) is 6.83. The highest BCUT2D eigenvalue weighted by Crippen LogP contribution is 2.26. The third kappa shape index (κ3) is 5.44. The Hall–Kier alpha value is -2.29. The van der Waals surface area contributed by atoms with Crippen molar-refractivity contribution in [2.75, 3.05) is 26.8 Å². The van der Waals surface area contributed by atoms with Crippen LogP contribution in [-0.4, -0.2) is 56.6 Å². The van der Waals surface area contributed by atoms with Gasteiger partial charge in [0.1, 0.15) is 0 Å². The summed E-state index contributed by atoms with van der Waals surface area (Å²) in [6, 6.07) is 9.72. The molecule has 0 bridgehead atoms. The Kier molecular flexibility index (Phi) is 7.23. The van der Waals surface area contributed by atoms with E-state index in [-0.39, 0.29) is 17.1 Å². The first-order valence-corrected chi connectivity index (χ1v) is 11.6. The molecule has 1 aliphatic rings. The second kappa shape index (κ2) is 9.68. The van der Waals surface area contributed by atoms with Gasteiger partial charge in [-0.2, -0.15) is 4.31 Å². The number of rotatable bonds is 10. The summed E-state index contributed by atoms with van der Waals surface area (Å²) in [6.07, 6.45) is 3.03. The largest absolute Gasteiger partial charge is 0.466 e. The predicted molar refractivity (Wildman–Crippen MR) is 114 cm³/mol. The Balaban J connectivity index is 1.82. The van der Waals surface area contributed by atoms with Gasteiger partial charge in [0.15, 0.2) is 5.03 Å². The number of hydrogen-bond donors (Lipinski definition) is 0. The molecular weight excluding hydrogens is 404 g/mol. The molecule has 1 aliphatic heterocycles. The van der Waals surface area contributed by atoms with E-state index in [4.69, 9.17) is 9.47 Å². The average molecular weight is 433 g/mol. The summed E-state index contributed by atoms with van der Waals surface area (Å²) >= 11 is 0. The molecule has 7 nitrogen and oxygen atoms in total. The highest BCUT2D eigenvalue weighted by Gasteiger charge is 2.32. The summed E-state index contributed by atoms with van der Waals surface area (Å²) < 4.78 is 37.3. The molecule has 1 unspecified atom stereocenters.